The Labute approximate surface area is 297 Å². The second-order valence-corrected chi connectivity index (χ2v) is 14.2. The van der Waals surface area contributed by atoms with Crippen LogP contribution in [0.1, 0.15) is 44.5 Å². The Bertz CT molecular complexity index is 2710. The molecule has 2 spiro atoms. The van der Waals surface area contributed by atoms with Crippen LogP contribution in [0.5, 0.6) is 11.5 Å². The molecule has 0 N–H and O–H groups in total. The fourth-order valence-corrected chi connectivity index (χ4v) is 10.5. The Kier molecular flexibility index (Phi) is 5.17. The molecule has 0 aromatic heterocycles. The Hall–Kier alpha value is -6.44. The van der Waals surface area contributed by atoms with E-state index >= 15 is 0 Å². The number of hydrogen-bond acceptors (Lipinski definition) is 1. The second kappa shape index (κ2) is 9.62. The molecule has 12 rings (SSSR count). The van der Waals surface area contributed by atoms with Crippen molar-refractivity contribution in [1.29, 1.82) is 0 Å². The molecule has 236 valence electrons. The minimum Gasteiger partial charge on any atom is -0.456 e. The zero-order chi connectivity index (χ0) is 33.3. The summed E-state index contributed by atoms with van der Waals surface area (Å²) in [6.45, 7) is 0. The van der Waals surface area contributed by atoms with Gasteiger partial charge in [0, 0.05) is 16.7 Å². The van der Waals surface area contributed by atoms with Crippen LogP contribution >= 0.6 is 0 Å². The molecule has 4 aliphatic rings. The molecule has 0 unspecified atom stereocenters. The van der Waals surface area contributed by atoms with Gasteiger partial charge in [0.25, 0.3) is 0 Å². The molecule has 1 aliphatic heterocycles. The van der Waals surface area contributed by atoms with Crippen LogP contribution in [0.2, 0.25) is 0 Å². The predicted octanol–water partition coefficient (Wildman–Crippen LogP) is 12.2. The fourth-order valence-electron chi connectivity index (χ4n) is 10.5. The summed E-state index contributed by atoms with van der Waals surface area (Å²) in [5.41, 5.74) is 19.6. The maximum Gasteiger partial charge on any atom is 0.140 e. The van der Waals surface area contributed by atoms with Crippen LogP contribution < -0.4 is 4.74 Å². The van der Waals surface area contributed by atoms with Crippen molar-refractivity contribution in [1.82, 2.24) is 0 Å². The van der Waals surface area contributed by atoms with Crippen LogP contribution in [0.25, 0.3) is 44.5 Å². The lowest BCUT2D eigenvalue weighted by molar-refractivity contribution is 0.438. The maximum atomic E-state index is 7.16. The van der Waals surface area contributed by atoms with Crippen molar-refractivity contribution in [2.45, 2.75) is 10.8 Å². The minimum absolute atomic E-state index is 0.401. The highest BCUT2D eigenvalue weighted by molar-refractivity contribution is 6.01. The lowest BCUT2D eigenvalue weighted by atomic mass is 9.65. The first-order valence-corrected chi connectivity index (χ1v) is 17.9. The molecule has 0 amide bonds. The molecule has 8 aromatic rings. The lowest BCUT2D eigenvalue weighted by Crippen LogP contribution is -2.32. The molecule has 3 aliphatic carbocycles. The van der Waals surface area contributed by atoms with Crippen molar-refractivity contribution in [3.8, 4) is 56.0 Å². The molecule has 0 radical (unpaired) electrons. The Morgan fingerprint density at radius 1 is 0.255 bits per heavy atom. The van der Waals surface area contributed by atoms with Crippen LogP contribution in [-0.2, 0) is 10.8 Å². The van der Waals surface area contributed by atoms with Gasteiger partial charge in [-0.25, -0.2) is 0 Å². The van der Waals surface area contributed by atoms with Gasteiger partial charge < -0.3 is 4.74 Å². The minimum atomic E-state index is -0.506. The average Bonchev–Trinajstić information content (AvgIpc) is 3.79. The molecule has 1 heterocycles. The topological polar surface area (TPSA) is 9.23 Å². The third kappa shape index (κ3) is 3.11. The molecule has 0 saturated carbocycles. The molecule has 51 heavy (non-hydrogen) atoms. The summed E-state index contributed by atoms with van der Waals surface area (Å²) in [5, 5.41) is 0. The van der Waals surface area contributed by atoms with E-state index in [0.29, 0.717) is 0 Å². The average molecular weight is 647 g/mol. The van der Waals surface area contributed by atoms with E-state index in [9.17, 15) is 0 Å². The van der Waals surface area contributed by atoms with E-state index in [-0.39, 0.29) is 0 Å². The number of para-hydroxylation sites is 2. The SMILES string of the molecule is c1ccc2c(c1)Oc1c(-c3cccc4c3-c3ccccc3C43c4ccccc4-c4ccccc43)cccc1C21c2ccccc2-c2ccccc21. The molecule has 0 saturated heterocycles. The smallest absolute Gasteiger partial charge is 0.140 e. The first-order chi connectivity index (χ1) is 25.3. The van der Waals surface area contributed by atoms with Gasteiger partial charge >= 0.3 is 0 Å². The van der Waals surface area contributed by atoms with Crippen molar-refractivity contribution in [3.63, 3.8) is 0 Å². The van der Waals surface area contributed by atoms with Crippen LogP contribution in [0.15, 0.2) is 182 Å². The van der Waals surface area contributed by atoms with E-state index in [1.54, 1.807) is 0 Å². The highest BCUT2D eigenvalue weighted by Gasteiger charge is 2.54. The van der Waals surface area contributed by atoms with Gasteiger partial charge in [-0.1, -0.05) is 176 Å². The molecule has 0 atom stereocenters. The summed E-state index contributed by atoms with van der Waals surface area (Å²) in [6.07, 6.45) is 0. The molecule has 8 aromatic carbocycles. The summed E-state index contributed by atoms with van der Waals surface area (Å²) >= 11 is 0. The molecular weight excluding hydrogens is 617 g/mol. The zero-order valence-corrected chi connectivity index (χ0v) is 27.7. The summed E-state index contributed by atoms with van der Waals surface area (Å²) < 4.78 is 7.16. The van der Waals surface area contributed by atoms with Gasteiger partial charge in [-0.2, -0.15) is 0 Å². The summed E-state index contributed by atoms with van der Waals surface area (Å²) in [6, 6.07) is 67.4. The number of rotatable bonds is 1. The summed E-state index contributed by atoms with van der Waals surface area (Å²) in [5.74, 6) is 1.84. The van der Waals surface area contributed by atoms with E-state index in [1.807, 2.05) is 0 Å². The molecule has 1 nitrogen and oxygen atoms in total. The number of benzene rings is 8. The third-order valence-corrected chi connectivity index (χ3v) is 12.2. The van der Waals surface area contributed by atoms with E-state index in [2.05, 4.69) is 182 Å². The highest BCUT2D eigenvalue weighted by Crippen LogP contribution is 2.66. The monoisotopic (exact) mass is 646 g/mol. The van der Waals surface area contributed by atoms with Crippen LogP contribution in [0, 0.1) is 0 Å². The Morgan fingerprint density at radius 3 is 1.16 bits per heavy atom. The van der Waals surface area contributed by atoms with Gasteiger partial charge in [-0.15, -0.1) is 0 Å². The van der Waals surface area contributed by atoms with Gasteiger partial charge in [-0.3, -0.25) is 0 Å². The largest absolute Gasteiger partial charge is 0.456 e. The second-order valence-electron chi connectivity index (χ2n) is 14.2. The maximum absolute atomic E-state index is 7.16. The molecular formula is C50H30O. The summed E-state index contributed by atoms with van der Waals surface area (Å²) in [7, 11) is 0. The van der Waals surface area contributed by atoms with E-state index in [0.717, 1.165) is 17.1 Å². The van der Waals surface area contributed by atoms with Crippen LogP contribution in [-0.4, -0.2) is 0 Å². The third-order valence-electron chi connectivity index (χ3n) is 12.2. The number of ether oxygens (including phenoxy) is 1. The quantitative estimate of drug-likeness (QED) is 0.172. The lowest BCUT2D eigenvalue weighted by Gasteiger charge is -2.40. The first-order valence-electron chi connectivity index (χ1n) is 17.9. The van der Waals surface area contributed by atoms with Crippen molar-refractivity contribution in [2.24, 2.45) is 0 Å². The zero-order valence-electron chi connectivity index (χ0n) is 27.7. The van der Waals surface area contributed by atoms with Gasteiger partial charge in [-0.05, 0) is 78.4 Å². The van der Waals surface area contributed by atoms with Crippen LogP contribution in [0.3, 0.4) is 0 Å². The number of fused-ring (bicyclic) bond motifs is 19. The van der Waals surface area contributed by atoms with E-state index < -0.39 is 10.8 Å². The Balaban J connectivity index is 1.19. The normalized spacial score (nSPS) is 15.1. The number of hydrogen-bond donors (Lipinski definition) is 0. The molecule has 0 bridgehead atoms. The van der Waals surface area contributed by atoms with Gasteiger partial charge in [0.1, 0.15) is 11.5 Å². The standard InChI is InChI=1S/C50H30O/c1-6-22-38-31(15-1)32-16-2-7-23-39(32)49(38)42-26-10-5-19-37(42)47-35(20-13-28-44(47)49)36-21-14-29-45-48(36)51-46-30-12-11-27-43(46)50(45)40-24-8-3-17-33(40)34-18-4-9-25-41(34)50/h1-30H. The van der Waals surface area contributed by atoms with E-state index in [4.69, 9.17) is 4.74 Å². The summed E-state index contributed by atoms with van der Waals surface area (Å²) in [4.78, 5) is 0. The molecule has 1 heteroatoms. The van der Waals surface area contributed by atoms with Crippen molar-refractivity contribution in [2.75, 3.05) is 0 Å². The van der Waals surface area contributed by atoms with E-state index in [1.165, 1.54) is 83.5 Å². The van der Waals surface area contributed by atoms with Crippen LogP contribution in [0.4, 0.5) is 0 Å². The molecule has 0 fully saturated rings. The fraction of sp³-hybridized carbons (Fsp3) is 0.0400. The Morgan fingerprint density at radius 2 is 0.608 bits per heavy atom. The van der Waals surface area contributed by atoms with Crippen molar-refractivity contribution >= 4 is 0 Å². The van der Waals surface area contributed by atoms with Gasteiger partial charge in [0.15, 0.2) is 0 Å². The predicted molar refractivity (Wildman–Crippen MR) is 206 cm³/mol. The van der Waals surface area contributed by atoms with Crippen molar-refractivity contribution < 1.29 is 4.74 Å². The van der Waals surface area contributed by atoms with Gasteiger partial charge in [0.2, 0.25) is 0 Å². The highest BCUT2D eigenvalue weighted by atomic mass is 16.5. The van der Waals surface area contributed by atoms with Crippen molar-refractivity contribution in [3.05, 3.63) is 226 Å². The first kappa shape index (κ1) is 27.4. The van der Waals surface area contributed by atoms with Gasteiger partial charge in [0.05, 0.1) is 10.8 Å².